The first kappa shape index (κ1) is 13.1. The van der Waals surface area contributed by atoms with Crippen molar-refractivity contribution in [2.24, 2.45) is 0 Å². The molecule has 1 aliphatic carbocycles. The van der Waals surface area contributed by atoms with Crippen LogP contribution >= 0.6 is 15.9 Å². The van der Waals surface area contributed by atoms with E-state index < -0.39 is 11.1 Å². The molecule has 0 aliphatic heterocycles. The molecule has 1 atom stereocenters. The molecule has 1 aromatic heterocycles. The third-order valence-electron chi connectivity index (χ3n) is 3.49. The molecule has 1 amide bonds. The van der Waals surface area contributed by atoms with Crippen molar-refractivity contribution >= 4 is 32.9 Å². The minimum absolute atomic E-state index is 0.0235. The zero-order valence-corrected chi connectivity index (χ0v) is 12.3. The van der Waals surface area contributed by atoms with Crippen molar-refractivity contribution in [1.29, 1.82) is 0 Å². The molecule has 1 aliphatic rings. The predicted molar refractivity (Wildman–Crippen MR) is 77.9 cm³/mol. The Kier molecular flexibility index (Phi) is 3.01. The molecule has 20 heavy (non-hydrogen) atoms. The molecule has 0 fully saturated rings. The number of hydrogen-bond acceptors (Lipinski definition) is 3. The van der Waals surface area contributed by atoms with Gasteiger partial charge in [-0.15, -0.1) is 0 Å². The van der Waals surface area contributed by atoms with Crippen LogP contribution in [0.2, 0.25) is 0 Å². The molecule has 0 bridgehead atoms. The molecule has 0 spiro atoms. The summed E-state index contributed by atoms with van der Waals surface area (Å²) in [6, 6.07) is 1.95. The molecule has 0 radical (unpaired) electrons. The lowest BCUT2D eigenvalue weighted by Crippen LogP contribution is -2.33. The maximum absolute atomic E-state index is 11.5. The van der Waals surface area contributed by atoms with E-state index in [4.69, 9.17) is 0 Å². The number of aromatic amines is 2. The third kappa shape index (κ3) is 2.07. The summed E-state index contributed by atoms with van der Waals surface area (Å²) in [7, 11) is 0. The van der Waals surface area contributed by atoms with Crippen LogP contribution in [-0.2, 0) is 17.6 Å². The maximum Gasteiger partial charge on any atom is 0.314 e. The monoisotopic (exact) mass is 337 g/mol. The Morgan fingerprint density at radius 3 is 2.55 bits per heavy atom. The number of H-pyrrole nitrogens is 2. The maximum atomic E-state index is 11.5. The van der Waals surface area contributed by atoms with E-state index in [-0.39, 0.29) is 11.9 Å². The van der Waals surface area contributed by atoms with E-state index in [1.54, 1.807) is 0 Å². The lowest BCUT2D eigenvalue weighted by molar-refractivity contribution is -0.119. The lowest BCUT2D eigenvalue weighted by Gasteiger charge is -2.09. The number of amides is 1. The Bertz CT molecular complexity index is 837. The molecule has 1 aromatic carbocycles. The van der Waals surface area contributed by atoms with Gasteiger partial charge in [-0.3, -0.25) is 14.4 Å². The molecule has 7 heteroatoms. The van der Waals surface area contributed by atoms with Crippen molar-refractivity contribution < 1.29 is 4.79 Å². The number of halogens is 1. The number of benzene rings is 1. The lowest BCUT2D eigenvalue weighted by atomic mass is 10.1. The van der Waals surface area contributed by atoms with Gasteiger partial charge in [0.15, 0.2) is 0 Å². The average Bonchev–Trinajstić information content (AvgIpc) is 2.73. The Balaban J connectivity index is 2.19. The van der Waals surface area contributed by atoms with Crippen LogP contribution in [0.5, 0.6) is 0 Å². The summed E-state index contributed by atoms with van der Waals surface area (Å²) in [6.45, 7) is 1.48. The van der Waals surface area contributed by atoms with Gasteiger partial charge < -0.3 is 15.3 Å². The van der Waals surface area contributed by atoms with Gasteiger partial charge in [-0.25, -0.2) is 0 Å². The summed E-state index contributed by atoms with van der Waals surface area (Å²) < 4.78 is 0.725. The van der Waals surface area contributed by atoms with Crippen molar-refractivity contribution in [2.75, 3.05) is 0 Å². The van der Waals surface area contributed by atoms with E-state index >= 15 is 0 Å². The fourth-order valence-electron chi connectivity index (χ4n) is 2.73. The molecule has 1 unspecified atom stereocenters. The summed E-state index contributed by atoms with van der Waals surface area (Å²) >= 11 is 3.40. The highest BCUT2D eigenvalue weighted by Crippen LogP contribution is 2.32. The first-order chi connectivity index (χ1) is 9.45. The molecule has 0 saturated heterocycles. The SMILES string of the molecule is CC(=O)NC1Cc2cc(Br)c3[nH]c(=O)c(=O)[nH]c3c2C1. The molecule has 1 heterocycles. The van der Waals surface area contributed by atoms with Crippen molar-refractivity contribution in [1.82, 2.24) is 15.3 Å². The first-order valence-electron chi connectivity index (χ1n) is 6.19. The predicted octanol–water partition coefficient (Wildman–Crippen LogP) is 0.582. The standard InChI is InChI=1S/C13H12BrN3O3/c1-5(18)15-7-2-6-3-9(14)11-10(8(6)4-7)16-12(19)13(20)17-11/h3,7H,2,4H2,1H3,(H,15,18)(H,16,19)(H,17,20). The summed E-state index contributed by atoms with van der Waals surface area (Å²) in [5, 5.41) is 2.88. The van der Waals surface area contributed by atoms with Crippen LogP contribution in [0.25, 0.3) is 11.0 Å². The Labute approximate surface area is 121 Å². The smallest absolute Gasteiger partial charge is 0.314 e. The largest absolute Gasteiger partial charge is 0.353 e. The van der Waals surface area contributed by atoms with Crippen LogP contribution in [0.15, 0.2) is 20.1 Å². The van der Waals surface area contributed by atoms with E-state index in [0.29, 0.717) is 23.9 Å². The number of hydrogen-bond donors (Lipinski definition) is 3. The quantitative estimate of drug-likeness (QED) is 0.664. The fraction of sp³-hybridized carbons (Fsp3) is 0.308. The third-order valence-corrected chi connectivity index (χ3v) is 4.11. The molecule has 6 nitrogen and oxygen atoms in total. The van der Waals surface area contributed by atoms with Crippen LogP contribution in [0, 0.1) is 0 Å². The molecule has 3 rings (SSSR count). The summed E-state index contributed by atoms with van der Waals surface area (Å²) in [4.78, 5) is 39.3. The molecular formula is C13H12BrN3O3. The van der Waals surface area contributed by atoms with Gasteiger partial charge in [0.05, 0.1) is 11.0 Å². The fourth-order valence-corrected chi connectivity index (χ4v) is 3.31. The van der Waals surface area contributed by atoms with Gasteiger partial charge in [0.1, 0.15) is 0 Å². The van der Waals surface area contributed by atoms with E-state index in [0.717, 1.165) is 15.6 Å². The van der Waals surface area contributed by atoms with Gasteiger partial charge in [-0.2, -0.15) is 0 Å². The summed E-state index contributed by atoms with van der Waals surface area (Å²) in [5.74, 6) is -0.0759. The molecule has 2 aromatic rings. The Morgan fingerprint density at radius 2 is 1.90 bits per heavy atom. The minimum Gasteiger partial charge on any atom is -0.353 e. The molecule has 0 saturated carbocycles. The van der Waals surface area contributed by atoms with Crippen LogP contribution in [-0.4, -0.2) is 21.9 Å². The van der Waals surface area contributed by atoms with Gasteiger partial charge in [-0.1, -0.05) is 0 Å². The van der Waals surface area contributed by atoms with E-state index in [9.17, 15) is 14.4 Å². The average molecular weight is 338 g/mol. The summed E-state index contributed by atoms with van der Waals surface area (Å²) in [5.41, 5.74) is 1.90. The van der Waals surface area contributed by atoms with Gasteiger partial charge in [-0.05, 0) is 46.0 Å². The molecule has 104 valence electrons. The first-order valence-corrected chi connectivity index (χ1v) is 6.98. The number of rotatable bonds is 1. The van der Waals surface area contributed by atoms with E-state index in [2.05, 4.69) is 31.2 Å². The second-order valence-electron chi connectivity index (χ2n) is 4.96. The van der Waals surface area contributed by atoms with Crippen LogP contribution < -0.4 is 16.4 Å². The van der Waals surface area contributed by atoms with Gasteiger partial charge in [0.25, 0.3) is 0 Å². The zero-order valence-electron chi connectivity index (χ0n) is 10.7. The number of carbonyl (C=O) groups is 1. The van der Waals surface area contributed by atoms with Gasteiger partial charge in [0, 0.05) is 17.4 Å². The van der Waals surface area contributed by atoms with Crippen LogP contribution in [0.3, 0.4) is 0 Å². The van der Waals surface area contributed by atoms with Crippen molar-refractivity contribution in [3.63, 3.8) is 0 Å². The number of carbonyl (C=O) groups excluding carboxylic acids is 1. The second-order valence-corrected chi connectivity index (χ2v) is 5.81. The zero-order chi connectivity index (χ0) is 14.4. The normalized spacial score (nSPS) is 17.2. The summed E-state index contributed by atoms with van der Waals surface area (Å²) in [6.07, 6.45) is 1.35. The minimum atomic E-state index is -0.672. The highest BCUT2D eigenvalue weighted by molar-refractivity contribution is 9.10. The van der Waals surface area contributed by atoms with Crippen molar-refractivity contribution in [2.45, 2.75) is 25.8 Å². The van der Waals surface area contributed by atoms with E-state index in [1.807, 2.05) is 6.07 Å². The topological polar surface area (TPSA) is 94.8 Å². The number of fused-ring (bicyclic) bond motifs is 3. The number of aromatic nitrogens is 2. The second kappa shape index (κ2) is 4.59. The van der Waals surface area contributed by atoms with Crippen molar-refractivity contribution in [3.05, 3.63) is 42.4 Å². The molecular weight excluding hydrogens is 326 g/mol. The van der Waals surface area contributed by atoms with Crippen LogP contribution in [0.4, 0.5) is 0 Å². The van der Waals surface area contributed by atoms with Crippen molar-refractivity contribution in [3.8, 4) is 0 Å². The molecule has 3 N–H and O–H groups in total. The Morgan fingerprint density at radius 1 is 1.25 bits per heavy atom. The number of nitrogens with one attached hydrogen (secondary N) is 3. The van der Waals surface area contributed by atoms with Gasteiger partial charge >= 0.3 is 11.1 Å². The highest BCUT2D eigenvalue weighted by atomic mass is 79.9. The van der Waals surface area contributed by atoms with E-state index in [1.165, 1.54) is 6.92 Å². The highest BCUT2D eigenvalue weighted by Gasteiger charge is 2.25. The Hall–Kier alpha value is -1.89. The van der Waals surface area contributed by atoms with Gasteiger partial charge in [0.2, 0.25) is 5.91 Å². The van der Waals surface area contributed by atoms with Crippen LogP contribution in [0.1, 0.15) is 18.1 Å².